The molecule has 0 saturated heterocycles. The zero-order chi connectivity index (χ0) is 17.2. The van der Waals surface area contributed by atoms with Crippen LogP contribution >= 0.6 is 11.6 Å². The summed E-state index contributed by atoms with van der Waals surface area (Å²) in [6.45, 7) is 0. The minimum Gasteiger partial charge on any atom is -0.508 e. The first kappa shape index (κ1) is 16.9. The van der Waals surface area contributed by atoms with E-state index in [0.717, 1.165) is 29.6 Å². The normalized spacial score (nSPS) is 11.9. The monoisotopic (exact) mass is 345 g/mol. The number of hydrogen-bond donors (Lipinski definition) is 2. The Kier molecular flexibility index (Phi) is 4.65. The third-order valence-corrected chi connectivity index (χ3v) is 3.04. The van der Waals surface area contributed by atoms with Gasteiger partial charge in [-0.1, -0.05) is 11.6 Å². The van der Waals surface area contributed by atoms with Crippen molar-refractivity contribution in [1.29, 1.82) is 0 Å². The molecule has 5 nitrogen and oxygen atoms in total. The minimum atomic E-state index is -4.64. The van der Waals surface area contributed by atoms with E-state index in [4.69, 9.17) is 11.6 Å². The van der Waals surface area contributed by atoms with Gasteiger partial charge in [-0.05, 0) is 18.2 Å². The summed E-state index contributed by atoms with van der Waals surface area (Å²) in [5, 5.41) is 23.4. The molecular formula is C14H11ClF3N3O2. The highest BCUT2D eigenvalue weighted by molar-refractivity contribution is 6.30. The van der Waals surface area contributed by atoms with Gasteiger partial charge in [-0.25, -0.2) is 4.98 Å². The van der Waals surface area contributed by atoms with Gasteiger partial charge in [0.15, 0.2) is 5.82 Å². The fraction of sp³-hybridized carbons (Fsp3) is 0.143. The van der Waals surface area contributed by atoms with Crippen molar-refractivity contribution in [3.8, 4) is 11.5 Å². The Morgan fingerprint density at radius 3 is 2.57 bits per heavy atom. The number of phenols is 2. The van der Waals surface area contributed by atoms with Gasteiger partial charge in [0, 0.05) is 24.9 Å². The third-order valence-electron chi connectivity index (χ3n) is 2.83. The molecule has 122 valence electrons. The maximum atomic E-state index is 13.0. The Hall–Kier alpha value is -2.48. The number of pyridine rings is 1. The predicted molar refractivity (Wildman–Crippen MR) is 80.0 cm³/mol. The van der Waals surface area contributed by atoms with Crippen LogP contribution in [0.25, 0.3) is 0 Å². The van der Waals surface area contributed by atoms with Gasteiger partial charge >= 0.3 is 6.18 Å². The average Bonchev–Trinajstić information content (AvgIpc) is 2.45. The van der Waals surface area contributed by atoms with E-state index < -0.39 is 17.6 Å². The highest BCUT2D eigenvalue weighted by Gasteiger charge is 2.35. The first-order valence-corrected chi connectivity index (χ1v) is 6.58. The molecule has 0 fully saturated rings. The van der Waals surface area contributed by atoms with E-state index in [1.165, 1.54) is 19.2 Å². The zero-order valence-electron chi connectivity index (χ0n) is 11.7. The summed E-state index contributed by atoms with van der Waals surface area (Å²) in [6, 6.07) is 4.52. The molecule has 1 aromatic carbocycles. The molecule has 1 heterocycles. The summed E-state index contributed by atoms with van der Waals surface area (Å²) in [6.07, 6.45) is -2.42. The number of benzene rings is 1. The van der Waals surface area contributed by atoms with Crippen LogP contribution in [0, 0.1) is 0 Å². The van der Waals surface area contributed by atoms with Crippen molar-refractivity contribution in [1.82, 2.24) is 4.98 Å². The summed E-state index contributed by atoms with van der Waals surface area (Å²) in [4.78, 5) is 3.65. The summed E-state index contributed by atoms with van der Waals surface area (Å²) in [5.41, 5.74) is -0.809. The maximum Gasteiger partial charge on any atom is 0.420 e. The second kappa shape index (κ2) is 6.33. The summed E-state index contributed by atoms with van der Waals surface area (Å²) >= 11 is 5.56. The molecule has 0 unspecified atom stereocenters. The molecular weight excluding hydrogens is 335 g/mol. The molecule has 0 amide bonds. The van der Waals surface area contributed by atoms with Crippen molar-refractivity contribution in [3.63, 3.8) is 0 Å². The SMILES string of the molecule is CN(/N=C/c1ccc(O)cc1O)c1ncc(Cl)cc1C(F)(F)F. The Labute approximate surface area is 134 Å². The average molecular weight is 346 g/mol. The molecule has 0 atom stereocenters. The summed E-state index contributed by atoms with van der Waals surface area (Å²) in [7, 11) is 1.28. The minimum absolute atomic E-state index is 0.144. The number of hydrazone groups is 1. The Morgan fingerprint density at radius 1 is 1.26 bits per heavy atom. The number of alkyl halides is 3. The van der Waals surface area contributed by atoms with Crippen molar-refractivity contribution >= 4 is 23.6 Å². The summed E-state index contributed by atoms with van der Waals surface area (Å²) in [5.74, 6) is -0.842. The van der Waals surface area contributed by atoms with Gasteiger partial charge in [0.2, 0.25) is 0 Å². The lowest BCUT2D eigenvalue weighted by Crippen LogP contribution is -2.18. The number of aromatic hydroxyl groups is 2. The van der Waals surface area contributed by atoms with Crippen LogP contribution in [-0.2, 0) is 6.18 Å². The van der Waals surface area contributed by atoms with Crippen LogP contribution in [0.4, 0.5) is 19.0 Å². The first-order valence-electron chi connectivity index (χ1n) is 6.21. The number of aromatic nitrogens is 1. The first-order chi connectivity index (χ1) is 10.7. The van der Waals surface area contributed by atoms with Crippen LogP contribution < -0.4 is 5.01 Å². The van der Waals surface area contributed by atoms with E-state index >= 15 is 0 Å². The van der Waals surface area contributed by atoms with Gasteiger partial charge in [0.25, 0.3) is 0 Å². The number of nitrogens with zero attached hydrogens (tertiary/aromatic N) is 3. The Bertz CT molecular complexity index is 751. The molecule has 2 aromatic rings. The van der Waals surface area contributed by atoms with E-state index in [-0.39, 0.29) is 22.1 Å². The molecule has 0 radical (unpaired) electrons. The molecule has 0 spiro atoms. The van der Waals surface area contributed by atoms with E-state index in [0.29, 0.717) is 0 Å². The smallest absolute Gasteiger partial charge is 0.420 e. The van der Waals surface area contributed by atoms with E-state index in [2.05, 4.69) is 10.1 Å². The lowest BCUT2D eigenvalue weighted by Gasteiger charge is -2.17. The van der Waals surface area contributed by atoms with Gasteiger partial charge in [-0.15, -0.1) is 0 Å². The number of hydrogen-bond acceptors (Lipinski definition) is 5. The molecule has 9 heteroatoms. The Balaban J connectivity index is 2.34. The molecule has 0 aliphatic heterocycles. The van der Waals surface area contributed by atoms with Crippen molar-refractivity contribution < 1.29 is 23.4 Å². The molecule has 1 aromatic heterocycles. The van der Waals surface area contributed by atoms with Crippen LogP contribution in [0.3, 0.4) is 0 Å². The number of anilines is 1. The van der Waals surface area contributed by atoms with Crippen molar-refractivity contribution in [2.24, 2.45) is 5.10 Å². The largest absolute Gasteiger partial charge is 0.508 e. The Morgan fingerprint density at radius 2 is 1.96 bits per heavy atom. The maximum absolute atomic E-state index is 13.0. The highest BCUT2D eigenvalue weighted by Crippen LogP contribution is 2.36. The van der Waals surface area contributed by atoms with Crippen molar-refractivity contribution in [2.75, 3.05) is 12.1 Å². The van der Waals surface area contributed by atoms with Crippen LogP contribution in [-0.4, -0.2) is 28.5 Å². The molecule has 0 aliphatic rings. The standard InChI is InChI=1S/C14H11ClF3N3O2/c1-21(20-6-8-2-3-10(22)5-12(8)23)13-11(14(16,17)18)4-9(15)7-19-13/h2-7,22-23H,1H3/b20-6+. The predicted octanol–water partition coefficient (Wildman–Crippen LogP) is 3.64. The second-order valence-electron chi connectivity index (χ2n) is 4.53. The van der Waals surface area contributed by atoms with Gasteiger partial charge in [0.1, 0.15) is 17.1 Å². The second-order valence-corrected chi connectivity index (χ2v) is 4.97. The molecule has 23 heavy (non-hydrogen) atoms. The molecule has 0 aliphatic carbocycles. The van der Waals surface area contributed by atoms with E-state index in [9.17, 15) is 23.4 Å². The van der Waals surface area contributed by atoms with Crippen LogP contribution in [0.15, 0.2) is 35.6 Å². The fourth-order valence-corrected chi connectivity index (χ4v) is 1.90. The van der Waals surface area contributed by atoms with Crippen molar-refractivity contribution in [3.05, 3.63) is 46.6 Å². The van der Waals surface area contributed by atoms with E-state index in [1.807, 2.05) is 0 Å². The van der Waals surface area contributed by atoms with Gasteiger partial charge in [0.05, 0.1) is 11.2 Å². The summed E-state index contributed by atoms with van der Waals surface area (Å²) < 4.78 is 39.0. The lowest BCUT2D eigenvalue weighted by atomic mass is 10.2. The molecule has 2 N–H and O–H groups in total. The molecule has 0 bridgehead atoms. The quantitative estimate of drug-likeness (QED) is 0.658. The third kappa shape index (κ3) is 4.04. The van der Waals surface area contributed by atoms with E-state index in [1.54, 1.807) is 0 Å². The molecule has 0 saturated carbocycles. The number of halogens is 4. The van der Waals surface area contributed by atoms with Gasteiger partial charge in [-0.2, -0.15) is 18.3 Å². The van der Waals surface area contributed by atoms with Crippen LogP contribution in [0.5, 0.6) is 11.5 Å². The topological polar surface area (TPSA) is 69.0 Å². The zero-order valence-corrected chi connectivity index (χ0v) is 12.5. The fourth-order valence-electron chi connectivity index (χ4n) is 1.74. The van der Waals surface area contributed by atoms with Gasteiger partial charge < -0.3 is 10.2 Å². The van der Waals surface area contributed by atoms with Crippen LogP contribution in [0.2, 0.25) is 5.02 Å². The van der Waals surface area contributed by atoms with Crippen LogP contribution in [0.1, 0.15) is 11.1 Å². The number of phenolic OH excluding ortho intramolecular Hbond substituents is 2. The molecule has 2 rings (SSSR count). The number of rotatable bonds is 3. The van der Waals surface area contributed by atoms with Gasteiger partial charge in [-0.3, -0.25) is 5.01 Å². The van der Waals surface area contributed by atoms with Crippen molar-refractivity contribution in [2.45, 2.75) is 6.18 Å². The lowest BCUT2D eigenvalue weighted by molar-refractivity contribution is -0.137. The highest BCUT2D eigenvalue weighted by atomic mass is 35.5.